The predicted molar refractivity (Wildman–Crippen MR) is 143 cm³/mol. The van der Waals surface area contributed by atoms with Crippen LogP contribution >= 0.6 is 11.8 Å². The molecule has 4 N–H and O–H groups in total. The number of carbonyl (C=O) groups is 4. The fourth-order valence-electron chi connectivity index (χ4n) is 3.42. The van der Waals surface area contributed by atoms with Gasteiger partial charge in [-0.15, -0.1) is 11.8 Å². The number of hydrazine groups is 1. The zero-order valence-electron chi connectivity index (χ0n) is 24.1. The maximum atomic E-state index is 12.4. The highest BCUT2D eigenvalue weighted by molar-refractivity contribution is 7.99. The lowest BCUT2D eigenvalue weighted by Crippen LogP contribution is -2.51. The number of pyridine rings is 1. The molecule has 0 saturated carbocycles. The molecule has 1 unspecified atom stereocenters. The summed E-state index contributed by atoms with van der Waals surface area (Å²) in [5.41, 5.74) is 4.69. The molecule has 13 nitrogen and oxygen atoms in total. The van der Waals surface area contributed by atoms with E-state index < -0.39 is 36.4 Å². The Kier molecular flexibility index (Phi) is 18.1. The van der Waals surface area contributed by atoms with Crippen LogP contribution in [0.1, 0.15) is 18.4 Å². The van der Waals surface area contributed by atoms with Crippen molar-refractivity contribution >= 4 is 35.6 Å². The van der Waals surface area contributed by atoms with Crippen LogP contribution in [-0.4, -0.2) is 128 Å². The average molecular weight is 717 g/mol. The summed E-state index contributed by atoms with van der Waals surface area (Å²) in [4.78, 5) is 47.4. The van der Waals surface area contributed by atoms with Crippen molar-refractivity contribution in [2.45, 2.75) is 50.0 Å². The number of thioether (sulfide) groups is 1. The number of hydrogen-bond donors (Lipinski definition) is 4. The van der Waals surface area contributed by atoms with Crippen molar-refractivity contribution in [1.82, 2.24) is 25.2 Å². The maximum absolute atomic E-state index is 12.4. The minimum atomic E-state index is -5.08. The van der Waals surface area contributed by atoms with Crippen molar-refractivity contribution in [2.75, 3.05) is 38.3 Å². The zero-order chi connectivity index (χ0) is 36.6. The van der Waals surface area contributed by atoms with Crippen molar-refractivity contribution in [1.29, 1.82) is 5.26 Å². The van der Waals surface area contributed by atoms with Gasteiger partial charge in [0.2, 0.25) is 5.91 Å². The van der Waals surface area contributed by atoms with Gasteiger partial charge in [0.15, 0.2) is 0 Å². The lowest BCUT2D eigenvalue weighted by atomic mass is 10.1. The van der Waals surface area contributed by atoms with E-state index in [2.05, 4.69) is 27.4 Å². The Bertz CT molecular complexity index is 1140. The van der Waals surface area contributed by atoms with Gasteiger partial charge in [-0.25, -0.2) is 19.4 Å². The van der Waals surface area contributed by atoms with Crippen molar-refractivity contribution in [3.8, 4) is 6.07 Å². The molecule has 1 aromatic heterocycles. The van der Waals surface area contributed by atoms with E-state index in [9.17, 15) is 44.3 Å². The molecule has 1 amide bonds. The SMILES string of the molecule is CN(CC(=O)N1CSCC1C#N)NC1CCN(Cc2cccnc2)CC1.O=C(O)C(F)(F)F.O=C(O)C(F)(F)F.O=C(O)C(F)(F)F. The fraction of sp³-hybridized carbons (Fsp3) is 0.583. The molecule has 1 aromatic rings. The minimum Gasteiger partial charge on any atom is -0.475 e. The Hall–Kier alpha value is -3.88. The number of nitriles is 1. The van der Waals surface area contributed by atoms with Crippen molar-refractivity contribution in [3.63, 3.8) is 0 Å². The molecule has 0 spiro atoms. The van der Waals surface area contributed by atoms with Crippen LogP contribution in [0, 0.1) is 11.3 Å². The van der Waals surface area contributed by atoms with Gasteiger partial charge in [0.25, 0.3) is 0 Å². The molecular formula is C24H29F9N6O7S. The van der Waals surface area contributed by atoms with Gasteiger partial charge in [-0.3, -0.25) is 20.1 Å². The van der Waals surface area contributed by atoms with Gasteiger partial charge in [-0.1, -0.05) is 6.07 Å². The Balaban J connectivity index is 0.000000820. The number of carbonyl (C=O) groups excluding carboxylic acids is 1. The Morgan fingerprint density at radius 3 is 1.83 bits per heavy atom. The van der Waals surface area contributed by atoms with Gasteiger partial charge >= 0.3 is 36.4 Å². The van der Waals surface area contributed by atoms with Crippen LogP contribution in [0.4, 0.5) is 39.5 Å². The Labute approximate surface area is 264 Å². The molecule has 0 bridgehead atoms. The van der Waals surface area contributed by atoms with E-state index in [0.29, 0.717) is 18.5 Å². The lowest BCUT2D eigenvalue weighted by Gasteiger charge is -2.34. The predicted octanol–water partition coefficient (Wildman–Crippen LogP) is 2.81. The number of hydrogen-bond acceptors (Lipinski definition) is 10. The van der Waals surface area contributed by atoms with Crippen LogP contribution in [0.25, 0.3) is 0 Å². The van der Waals surface area contributed by atoms with E-state index >= 15 is 0 Å². The summed E-state index contributed by atoms with van der Waals surface area (Å²) in [6.45, 7) is 3.31. The van der Waals surface area contributed by atoms with E-state index in [1.165, 1.54) is 5.56 Å². The van der Waals surface area contributed by atoms with Crippen LogP contribution in [-0.2, 0) is 25.7 Å². The van der Waals surface area contributed by atoms with Crippen LogP contribution in [0.3, 0.4) is 0 Å². The molecule has 47 heavy (non-hydrogen) atoms. The number of alkyl halides is 9. The normalized spacial score (nSPS) is 17.1. The van der Waals surface area contributed by atoms with Gasteiger partial charge in [-0.05, 0) is 24.5 Å². The number of halogens is 9. The average Bonchev–Trinajstić information content (AvgIpc) is 3.43. The van der Waals surface area contributed by atoms with Crippen LogP contribution in [0.2, 0.25) is 0 Å². The third kappa shape index (κ3) is 18.8. The molecule has 266 valence electrons. The summed E-state index contributed by atoms with van der Waals surface area (Å²) < 4.78 is 95.2. The summed E-state index contributed by atoms with van der Waals surface area (Å²) in [5, 5.41) is 32.4. The standard InChI is InChI=1S/C18H26N6OS.3C2HF3O2/c1-22(12-18(25)24-14-26-13-17(24)9-19)21-16-4-7-23(8-5-16)11-15-3-2-6-20-10-15;3*3-2(4,5)1(6)7/h2-3,6,10,16-17,21H,4-5,7-8,11-14H2,1H3;3*(H,6,7). The van der Waals surface area contributed by atoms with E-state index in [1.807, 2.05) is 24.3 Å². The highest BCUT2D eigenvalue weighted by atomic mass is 32.2. The van der Waals surface area contributed by atoms with Crippen molar-refractivity contribution in [3.05, 3.63) is 30.1 Å². The number of likely N-dealkylation sites (N-methyl/N-ethyl adjacent to an activating group) is 1. The molecule has 0 radical (unpaired) electrons. The smallest absolute Gasteiger partial charge is 0.475 e. The van der Waals surface area contributed by atoms with E-state index in [1.54, 1.807) is 22.9 Å². The van der Waals surface area contributed by atoms with Crippen molar-refractivity contribution in [2.24, 2.45) is 0 Å². The van der Waals surface area contributed by atoms with E-state index in [4.69, 9.17) is 35.0 Å². The number of nitrogens with one attached hydrogen (secondary N) is 1. The number of piperidine rings is 1. The van der Waals surface area contributed by atoms with Crippen LogP contribution in [0.15, 0.2) is 24.5 Å². The molecule has 23 heteroatoms. The molecule has 0 aromatic carbocycles. The highest BCUT2D eigenvalue weighted by Gasteiger charge is 2.39. The Morgan fingerprint density at radius 1 is 0.979 bits per heavy atom. The van der Waals surface area contributed by atoms with Gasteiger partial charge in [-0.2, -0.15) is 44.8 Å². The third-order valence-electron chi connectivity index (χ3n) is 5.57. The number of aromatic nitrogens is 1. The van der Waals surface area contributed by atoms with Crippen LogP contribution < -0.4 is 5.43 Å². The third-order valence-corrected chi connectivity index (χ3v) is 6.58. The van der Waals surface area contributed by atoms with Crippen molar-refractivity contribution < 1.29 is 74.0 Å². The Morgan fingerprint density at radius 2 is 1.45 bits per heavy atom. The highest BCUT2D eigenvalue weighted by Crippen LogP contribution is 2.20. The van der Waals surface area contributed by atoms with E-state index in [0.717, 1.165) is 38.2 Å². The molecule has 1 atom stereocenters. The summed E-state index contributed by atoms with van der Waals surface area (Å²) >= 11 is 1.64. The lowest BCUT2D eigenvalue weighted by molar-refractivity contribution is -0.193. The number of amides is 1. The molecule has 2 aliphatic rings. The monoisotopic (exact) mass is 716 g/mol. The first kappa shape index (κ1) is 43.1. The second-order valence-corrected chi connectivity index (χ2v) is 10.3. The molecule has 2 fully saturated rings. The maximum Gasteiger partial charge on any atom is 0.490 e. The number of carboxylic acids is 3. The quantitative estimate of drug-likeness (QED) is 0.249. The first-order chi connectivity index (χ1) is 21.5. The number of rotatable bonds is 6. The van der Waals surface area contributed by atoms with E-state index in [-0.39, 0.29) is 11.9 Å². The molecule has 3 rings (SSSR count). The topological polar surface area (TPSA) is 187 Å². The molecule has 2 saturated heterocycles. The van der Waals surface area contributed by atoms with Gasteiger partial charge in [0.05, 0.1) is 18.5 Å². The van der Waals surface area contributed by atoms with Gasteiger partial charge < -0.3 is 20.2 Å². The fourth-order valence-corrected chi connectivity index (χ4v) is 4.52. The second kappa shape index (κ2) is 19.7. The molecular weight excluding hydrogens is 687 g/mol. The number of likely N-dealkylation sites (tertiary alicyclic amines) is 1. The number of aliphatic carboxylic acids is 3. The first-order valence-electron chi connectivity index (χ1n) is 12.7. The number of nitrogens with zero attached hydrogens (tertiary/aromatic N) is 5. The van der Waals surface area contributed by atoms with Gasteiger partial charge in [0, 0.05) is 50.9 Å². The molecule has 2 aliphatic heterocycles. The van der Waals surface area contributed by atoms with Gasteiger partial charge in [0.1, 0.15) is 6.04 Å². The van der Waals surface area contributed by atoms with Crippen LogP contribution in [0.5, 0.6) is 0 Å². The number of carboxylic acid groups (broad SMARTS) is 3. The zero-order valence-corrected chi connectivity index (χ0v) is 25.0. The minimum absolute atomic E-state index is 0.0190. The molecule has 0 aliphatic carbocycles. The summed E-state index contributed by atoms with van der Waals surface area (Å²) in [6, 6.07) is 6.41. The molecule has 3 heterocycles. The first-order valence-corrected chi connectivity index (χ1v) is 13.9. The summed E-state index contributed by atoms with van der Waals surface area (Å²) in [7, 11) is 1.91. The summed E-state index contributed by atoms with van der Waals surface area (Å²) in [5.74, 6) is -6.91. The largest absolute Gasteiger partial charge is 0.490 e. The second-order valence-electron chi connectivity index (χ2n) is 9.31. The summed E-state index contributed by atoms with van der Waals surface area (Å²) in [6.07, 6.45) is -9.41.